The largest absolute Gasteiger partial charge is 0.497 e. The lowest BCUT2D eigenvalue weighted by Crippen LogP contribution is -1.93. The van der Waals surface area contributed by atoms with E-state index in [-0.39, 0.29) is 7.43 Å². The molecule has 0 aliphatic heterocycles. The second-order valence-electron chi connectivity index (χ2n) is 2.93. The number of aryl methyl sites for hydroxylation is 1. The average molecular weight is 196 g/mol. The second-order valence-corrected chi connectivity index (χ2v) is 2.93. The van der Waals surface area contributed by atoms with E-state index in [4.69, 9.17) is 9.47 Å². The summed E-state index contributed by atoms with van der Waals surface area (Å²) in [4.78, 5) is 0. The van der Waals surface area contributed by atoms with Crippen LogP contribution in [0.15, 0.2) is 18.2 Å². The van der Waals surface area contributed by atoms with Gasteiger partial charge in [-0.3, -0.25) is 0 Å². The zero-order valence-corrected chi connectivity index (χ0v) is 8.46. The predicted octanol–water partition coefficient (Wildman–Crippen LogP) is 3.29. The van der Waals surface area contributed by atoms with Gasteiger partial charge in [-0.15, -0.1) is 0 Å². The van der Waals surface area contributed by atoms with Gasteiger partial charge in [-0.2, -0.15) is 0 Å². The van der Waals surface area contributed by atoms with Gasteiger partial charge in [0.1, 0.15) is 11.5 Å². The van der Waals surface area contributed by atoms with Gasteiger partial charge in [0, 0.05) is 0 Å². The van der Waals surface area contributed by atoms with Gasteiger partial charge in [-0.25, -0.2) is 0 Å². The molecule has 0 aliphatic carbocycles. The van der Waals surface area contributed by atoms with Crippen LogP contribution in [0.1, 0.15) is 26.3 Å². The van der Waals surface area contributed by atoms with E-state index in [1.807, 2.05) is 18.2 Å². The van der Waals surface area contributed by atoms with E-state index in [1.54, 1.807) is 14.2 Å². The fourth-order valence-corrected chi connectivity index (χ4v) is 1.35. The van der Waals surface area contributed by atoms with Crippen molar-refractivity contribution in [3.05, 3.63) is 23.8 Å². The second kappa shape index (κ2) is 6.30. The molecule has 0 saturated heterocycles. The van der Waals surface area contributed by atoms with Gasteiger partial charge in [0.25, 0.3) is 0 Å². The normalized spacial score (nSPS) is 9.07. The van der Waals surface area contributed by atoms with Crippen LogP contribution < -0.4 is 9.47 Å². The zero-order chi connectivity index (χ0) is 9.68. The molecule has 1 aromatic rings. The number of benzene rings is 1. The molecule has 0 aliphatic rings. The number of ether oxygens (including phenoxy) is 2. The molecule has 0 atom stereocenters. The van der Waals surface area contributed by atoms with Crippen LogP contribution in [0.4, 0.5) is 0 Å². The molecule has 2 nitrogen and oxygen atoms in total. The minimum absolute atomic E-state index is 0. The molecule has 1 aromatic carbocycles. The summed E-state index contributed by atoms with van der Waals surface area (Å²) in [5.41, 5.74) is 1.21. The first-order valence-electron chi connectivity index (χ1n) is 4.52. The predicted molar refractivity (Wildman–Crippen MR) is 60.3 cm³/mol. The van der Waals surface area contributed by atoms with Crippen molar-refractivity contribution in [3.8, 4) is 11.5 Å². The Balaban J connectivity index is 0.00000169. The summed E-state index contributed by atoms with van der Waals surface area (Å²) in [7, 11) is 3.37. The molecule has 0 unspecified atom stereocenters. The highest BCUT2D eigenvalue weighted by Crippen LogP contribution is 2.24. The van der Waals surface area contributed by atoms with Crippen molar-refractivity contribution >= 4 is 0 Å². The summed E-state index contributed by atoms with van der Waals surface area (Å²) in [5, 5.41) is 0. The number of hydrogen-bond acceptors (Lipinski definition) is 2. The maximum Gasteiger partial charge on any atom is 0.122 e. The summed E-state index contributed by atoms with van der Waals surface area (Å²) < 4.78 is 10.4. The Labute approximate surface area is 86.9 Å². The topological polar surface area (TPSA) is 18.5 Å². The maximum absolute atomic E-state index is 5.24. The Morgan fingerprint density at radius 2 is 1.86 bits per heavy atom. The van der Waals surface area contributed by atoms with Crippen molar-refractivity contribution in [3.63, 3.8) is 0 Å². The van der Waals surface area contributed by atoms with Gasteiger partial charge >= 0.3 is 0 Å². The molecule has 80 valence electrons. The Hall–Kier alpha value is -1.18. The minimum atomic E-state index is 0. The molecule has 0 bridgehead atoms. The number of rotatable bonds is 4. The Morgan fingerprint density at radius 1 is 1.14 bits per heavy atom. The third-order valence-corrected chi connectivity index (χ3v) is 2.01. The van der Waals surface area contributed by atoms with Crippen molar-refractivity contribution in [2.75, 3.05) is 14.2 Å². The molecule has 0 radical (unpaired) electrons. The summed E-state index contributed by atoms with van der Waals surface area (Å²) in [6, 6.07) is 5.89. The molecule has 0 saturated carbocycles. The van der Waals surface area contributed by atoms with E-state index in [1.165, 1.54) is 5.56 Å². The fraction of sp³-hybridized carbons (Fsp3) is 0.500. The minimum Gasteiger partial charge on any atom is -0.497 e. The summed E-state index contributed by atoms with van der Waals surface area (Å²) >= 11 is 0. The highest BCUT2D eigenvalue weighted by Gasteiger charge is 2.02. The van der Waals surface area contributed by atoms with Gasteiger partial charge in [0.05, 0.1) is 14.2 Å². The number of methoxy groups -OCH3 is 2. The molecule has 0 N–H and O–H groups in total. The van der Waals surface area contributed by atoms with Crippen molar-refractivity contribution < 1.29 is 9.47 Å². The molecule has 2 heteroatoms. The zero-order valence-electron chi connectivity index (χ0n) is 8.46. The summed E-state index contributed by atoms with van der Waals surface area (Å²) in [6.07, 6.45) is 2.14. The van der Waals surface area contributed by atoms with Gasteiger partial charge in [-0.05, 0) is 30.2 Å². The highest BCUT2D eigenvalue weighted by molar-refractivity contribution is 5.40. The lowest BCUT2D eigenvalue weighted by Gasteiger charge is -2.09. The monoisotopic (exact) mass is 196 g/mol. The van der Waals surface area contributed by atoms with Crippen LogP contribution in [0.5, 0.6) is 11.5 Å². The van der Waals surface area contributed by atoms with Gasteiger partial charge in [0.2, 0.25) is 0 Å². The maximum atomic E-state index is 5.24. The van der Waals surface area contributed by atoms with E-state index in [2.05, 4.69) is 6.92 Å². The molecular formula is C12H20O2. The first-order valence-corrected chi connectivity index (χ1v) is 4.52. The van der Waals surface area contributed by atoms with E-state index in [0.717, 1.165) is 24.3 Å². The Morgan fingerprint density at radius 3 is 2.36 bits per heavy atom. The smallest absolute Gasteiger partial charge is 0.122 e. The van der Waals surface area contributed by atoms with Gasteiger partial charge in [-0.1, -0.05) is 20.8 Å². The number of hydrogen-bond donors (Lipinski definition) is 0. The standard InChI is InChI=1S/C11H16O2.CH4/c1-4-5-9-8-10(12-2)6-7-11(9)13-3;/h6-8H,4-5H2,1-3H3;1H4. The van der Waals surface area contributed by atoms with Crippen LogP contribution in [-0.2, 0) is 6.42 Å². The van der Waals surface area contributed by atoms with Gasteiger partial charge in [0.15, 0.2) is 0 Å². The first kappa shape index (κ1) is 12.8. The van der Waals surface area contributed by atoms with E-state index in [0.29, 0.717) is 0 Å². The third-order valence-electron chi connectivity index (χ3n) is 2.01. The van der Waals surface area contributed by atoms with Gasteiger partial charge < -0.3 is 9.47 Å². The lowest BCUT2D eigenvalue weighted by atomic mass is 10.1. The lowest BCUT2D eigenvalue weighted by molar-refractivity contribution is 0.398. The average Bonchev–Trinajstić information content (AvgIpc) is 2.18. The van der Waals surface area contributed by atoms with Crippen LogP contribution in [-0.4, -0.2) is 14.2 Å². The van der Waals surface area contributed by atoms with Crippen LogP contribution in [0, 0.1) is 0 Å². The molecule has 0 fully saturated rings. The molecule has 0 aromatic heterocycles. The SMILES string of the molecule is C.CCCc1cc(OC)ccc1OC. The van der Waals surface area contributed by atoms with E-state index >= 15 is 0 Å². The van der Waals surface area contributed by atoms with Crippen LogP contribution >= 0.6 is 0 Å². The quantitative estimate of drug-likeness (QED) is 0.735. The third kappa shape index (κ3) is 2.95. The molecule has 0 spiro atoms. The highest BCUT2D eigenvalue weighted by atomic mass is 16.5. The molecule has 0 heterocycles. The van der Waals surface area contributed by atoms with Crippen molar-refractivity contribution in [2.24, 2.45) is 0 Å². The molecule has 0 amide bonds. The first-order chi connectivity index (χ1) is 6.31. The van der Waals surface area contributed by atoms with Crippen molar-refractivity contribution in [2.45, 2.75) is 27.2 Å². The van der Waals surface area contributed by atoms with Crippen LogP contribution in [0.2, 0.25) is 0 Å². The fourth-order valence-electron chi connectivity index (χ4n) is 1.35. The van der Waals surface area contributed by atoms with Crippen LogP contribution in [0.25, 0.3) is 0 Å². The summed E-state index contributed by atoms with van der Waals surface area (Å²) in [5.74, 6) is 1.84. The molecule has 1 rings (SSSR count). The summed E-state index contributed by atoms with van der Waals surface area (Å²) in [6.45, 7) is 2.15. The van der Waals surface area contributed by atoms with E-state index in [9.17, 15) is 0 Å². The van der Waals surface area contributed by atoms with Crippen molar-refractivity contribution in [1.82, 2.24) is 0 Å². The molecule has 14 heavy (non-hydrogen) atoms. The Bertz CT molecular complexity index is 269. The van der Waals surface area contributed by atoms with Crippen LogP contribution in [0.3, 0.4) is 0 Å². The van der Waals surface area contributed by atoms with Crippen molar-refractivity contribution in [1.29, 1.82) is 0 Å². The van der Waals surface area contributed by atoms with E-state index < -0.39 is 0 Å². The molecular weight excluding hydrogens is 176 g/mol. The Kier molecular flexibility index (Phi) is 5.77.